The molecule has 0 aromatic rings. The lowest BCUT2D eigenvalue weighted by molar-refractivity contribution is -0.129. The molecule has 0 saturated carbocycles. The second kappa shape index (κ2) is 6.05. The summed E-state index contributed by atoms with van der Waals surface area (Å²) < 4.78 is 25.7. The number of nitrogens with one attached hydrogen (secondary N) is 1. The smallest absolute Gasteiger partial charge is 0.226 e. The highest BCUT2D eigenvalue weighted by atomic mass is 32.2. The highest BCUT2D eigenvalue weighted by Crippen LogP contribution is 2.23. The van der Waals surface area contributed by atoms with Crippen molar-refractivity contribution in [1.29, 1.82) is 0 Å². The van der Waals surface area contributed by atoms with Gasteiger partial charge in [0.1, 0.15) is 0 Å². The summed E-state index contributed by atoms with van der Waals surface area (Å²) in [5.41, 5.74) is 1.22. The maximum absolute atomic E-state index is 12.1. The molecule has 0 aromatic heterocycles. The number of hydrogen-bond acceptors (Lipinski definition) is 3. The zero-order chi connectivity index (χ0) is 13.9. The van der Waals surface area contributed by atoms with Crippen LogP contribution >= 0.6 is 0 Å². The first-order chi connectivity index (χ1) is 9.03. The van der Waals surface area contributed by atoms with Gasteiger partial charge in [-0.1, -0.05) is 11.6 Å². The summed E-state index contributed by atoms with van der Waals surface area (Å²) in [5, 5.41) is -0.457. The minimum Gasteiger partial charge on any atom is -0.341 e. The van der Waals surface area contributed by atoms with Crippen LogP contribution in [0.25, 0.3) is 0 Å². The average molecular weight is 286 g/mol. The Hall–Kier alpha value is -0.880. The van der Waals surface area contributed by atoms with Gasteiger partial charge in [-0.25, -0.2) is 13.1 Å². The van der Waals surface area contributed by atoms with Gasteiger partial charge < -0.3 is 4.90 Å². The molecule has 2 rings (SSSR count). The zero-order valence-electron chi connectivity index (χ0n) is 11.4. The van der Waals surface area contributed by atoms with Crippen LogP contribution < -0.4 is 4.72 Å². The van der Waals surface area contributed by atoms with Gasteiger partial charge in [0.05, 0.1) is 5.25 Å². The second-order valence-corrected chi connectivity index (χ2v) is 7.45. The van der Waals surface area contributed by atoms with E-state index in [-0.39, 0.29) is 5.91 Å². The van der Waals surface area contributed by atoms with Gasteiger partial charge in [-0.15, -0.1) is 0 Å². The highest BCUT2D eigenvalue weighted by molar-refractivity contribution is 7.90. The van der Waals surface area contributed by atoms with E-state index in [0.717, 1.165) is 19.3 Å². The van der Waals surface area contributed by atoms with Crippen LogP contribution in [0.1, 0.15) is 38.5 Å². The van der Waals surface area contributed by atoms with Crippen molar-refractivity contribution in [2.24, 2.45) is 0 Å². The van der Waals surface area contributed by atoms with E-state index in [1.165, 1.54) is 19.0 Å². The van der Waals surface area contributed by atoms with Crippen molar-refractivity contribution in [3.05, 3.63) is 11.6 Å². The Labute approximate surface area is 115 Å². The molecule has 1 N–H and O–H groups in total. The van der Waals surface area contributed by atoms with Gasteiger partial charge >= 0.3 is 0 Å². The predicted octanol–water partition coefficient (Wildman–Crippen LogP) is 1.03. The first kappa shape index (κ1) is 14.5. The molecule has 1 aliphatic heterocycles. The van der Waals surface area contributed by atoms with E-state index in [2.05, 4.69) is 10.8 Å². The van der Waals surface area contributed by atoms with Crippen LogP contribution in [0.15, 0.2) is 11.6 Å². The molecule has 5 nitrogen and oxygen atoms in total. The number of carbonyl (C=O) groups excluding carboxylic acids is 1. The van der Waals surface area contributed by atoms with Gasteiger partial charge in [-0.3, -0.25) is 4.79 Å². The number of sulfonamides is 1. The SMILES string of the molecule is CNS(=O)(=O)C1CCN(C(=O)CC2=CCCCC2)C1. The van der Waals surface area contributed by atoms with E-state index in [9.17, 15) is 13.2 Å². The van der Waals surface area contributed by atoms with Crippen LogP contribution in [0.2, 0.25) is 0 Å². The first-order valence-electron chi connectivity index (χ1n) is 6.91. The van der Waals surface area contributed by atoms with Gasteiger partial charge in [-0.2, -0.15) is 0 Å². The summed E-state index contributed by atoms with van der Waals surface area (Å²) in [4.78, 5) is 13.8. The van der Waals surface area contributed by atoms with Crippen LogP contribution in [0.4, 0.5) is 0 Å². The number of carbonyl (C=O) groups is 1. The first-order valence-corrected chi connectivity index (χ1v) is 8.45. The molecule has 1 saturated heterocycles. The molecule has 2 aliphatic rings. The van der Waals surface area contributed by atoms with Crippen LogP contribution in [0, 0.1) is 0 Å². The lowest BCUT2D eigenvalue weighted by atomic mass is 9.97. The molecule has 0 bridgehead atoms. The largest absolute Gasteiger partial charge is 0.341 e. The van der Waals surface area contributed by atoms with Gasteiger partial charge in [0.15, 0.2) is 0 Å². The maximum Gasteiger partial charge on any atom is 0.226 e. The Bertz CT molecular complexity index is 470. The van der Waals surface area contributed by atoms with Crippen LogP contribution in [-0.2, 0) is 14.8 Å². The number of likely N-dealkylation sites (tertiary alicyclic amines) is 1. The summed E-state index contributed by atoms with van der Waals surface area (Å²) in [6, 6.07) is 0. The number of hydrogen-bond donors (Lipinski definition) is 1. The third-order valence-corrected chi connectivity index (χ3v) is 5.82. The standard InChI is InChI=1S/C13H22N2O3S/c1-14-19(17,18)12-7-8-15(10-12)13(16)9-11-5-3-2-4-6-11/h5,12,14H,2-4,6-10H2,1H3. The fourth-order valence-corrected chi connectivity index (χ4v) is 3.87. The van der Waals surface area contributed by atoms with Gasteiger partial charge in [0, 0.05) is 19.5 Å². The summed E-state index contributed by atoms with van der Waals surface area (Å²) in [6.07, 6.45) is 7.62. The number of nitrogens with zero attached hydrogens (tertiary/aromatic N) is 1. The average Bonchev–Trinajstić information content (AvgIpc) is 2.90. The molecule has 0 aromatic carbocycles. The molecule has 0 radical (unpaired) electrons. The molecular formula is C13H22N2O3S. The van der Waals surface area contributed by atoms with Crippen molar-refractivity contribution >= 4 is 15.9 Å². The highest BCUT2D eigenvalue weighted by Gasteiger charge is 2.34. The molecule has 19 heavy (non-hydrogen) atoms. The third-order valence-electron chi connectivity index (χ3n) is 3.98. The molecule has 1 heterocycles. The number of allylic oxidation sites excluding steroid dienone is 1. The monoisotopic (exact) mass is 286 g/mol. The number of rotatable bonds is 4. The molecule has 1 amide bonds. The van der Waals surface area contributed by atoms with E-state index in [4.69, 9.17) is 0 Å². The van der Waals surface area contributed by atoms with E-state index in [0.29, 0.717) is 25.9 Å². The molecule has 1 aliphatic carbocycles. The minimum absolute atomic E-state index is 0.0713. The molecule has 6 heteroatoms. The molecule has 0 spiro atoms. The second-order valence-electron chi connectivity index (χ2n) is 5.28. The van der Waals surface area contributed by atoms with Crippen LogP contribution in [0.3, 0.4) is 0 Å². The van der Waals surface area contributed by atoms with Crippen molar-refractivity contribution < 1.29 is 13.2 Å². The van der Waals surface area contributed by atoms with Crippen molar-refractivity contribution in [3.8, 4) is 0 Å². The summed E-state index contributed by atoms with van der Waals surface area (Å²) in [5.74, 6) is 0.0713. The van der Waals surface area contributed by atoms with E-state index in [1.54, 1.807) is 4.90 Å². The Morgan fingerprint density at radius 1 is 1.47 bits per heavy atom. The zero-order valence-corrected chi connectivity index (χ0v) is 12.2. The molecule has 1 unspecified atom stereocenters. The maximum atomic E-state index is 12.1. The van der Waals surface area contributed by atoms with Gasteiger partial charge in [0.25, 0.3) is 0 Å². The Kier molecular flexibility index (Phi) is 4.62. The lowest BCUT2D eigenvalue weighted by Gasteiger charge is -2.19. The fourth-order valence-electron chi connectivity index (χ4n) is 2.75. The molecule has 1 fully saturated rings. The third kappa shape index (κ3) is 3.57. The summed E-state index contributed by atoms with van der Waals surface area (Å²) in [7, 11) is -1.83. The molecule has 108 valence electrons. The van der Waals surface area contributed by atoms with Crippen LogP contribution in [0.5, 0.6) is 0 Å². The Morgan fingerprint density at radius 3 is 2.89 bits per heavy atom. The molecule has 1 atom stereocenters. The normalized spacial score (nSPS) is 24.4. The van der Waals surface area contributed by atoms with E-state index >= 15 is 0 Å². The lowest BCUT2D eigenvalue weighted by Crippen LogP contribution is -2.36. The summed E-state index contributed by atoms with van der Waals surface area (Å²) >= 11 is 0. The van der Waals surface area contributed by atoms with E-state index in [1.807, 2.05) is 0 Å². The quantitative estimate of drug-likeness (QED) is 0.785. The van der Waals surface area contributed by atoms with Crippen molar-refractivity contribution in [2.75, 3.05) is 20.1 Å². The van der Waals surface area contributed by atoms with Crippen LogP contribution in [-0.4, -0.2) is 44.6 Å². The molecular weight excluding hydrogens is 264 g/mol. The van der Waals surface area contributed by atoms with Gasteiger partial charge in [-0.05, 0) is 39.2 Å². The van der Waals surface area contributed by atoms with Crippen molar-refractivity contribution in [1.82, 2.24) is 9.62 Å². The van der Waals surface area contributed by atoms with Gasteiger partial charge in [0.2, 0.25) is 15.9 Å². The predicted molar refractivity (Wildman–Crippen MR) is 74.1 cm³/mol. The minimum atomic E-state index is -3.26. The van der Waals surface area contributed by atoms with Crippen molar-refractivity contribution in [2.45, 2.75) is 43.8 Å². The Balaban J connectivity index is 1.90. The van der Waals surface area contributed by atoms with Crippen molar-refractivity contribution in [3.63, 3.8) is 0 Å². The summed E-state index contributed by atoms with van der Waals surface area (Å²) in [6.45, 7) is 0.882. The fraction of sp³-hybridized carbons (Fsp3) is 0.769. The number of amides is 1. The van der Waals surface area contributed by atoms with E-state index < -0.39 is 15.3 Å². The Morgan fingerprint density at radius 2 is 2.26 bits per heavy atom. The topological polar surface area (TPSA) is 66.5 Å².